The van der Waals surface area contributed by atoms with E-state index in [9.17, 15) is 11.0 Å². The number of fused-ring (bicyclic) bond motifs is 10. The summed E-state index contributed by atoms with van der Waals surface area (Å²) in [6.45, 7) is 26.6. The van der Waals surface area contributed by atoms with Crippen LogP contribution in [0, 0.1) is 0 Å². The zero-order chi connectivity index (χ0) is 83.8. The summed E-state index contributed by atoms with van der Waals surface area (Å²) < 4.78 is 91.8. The number of anilines is 6. The summed E-state index contributed by atoms with van der Waals surface area (Å²) in [7, 11) is 0. The van der Waals surface area contributed by atoms with Crippen molar-refractivity contribution in [2.45, 2.75) is 105 Å². The van der Waals surface area contributed by atoms with Crippen molar-refractivity contribution >= 4 is 101 Å². The average Bonchev–Trinajstić information content (AvgIpc) is 1.68. The lowest BCUT2D eigenvalue weighted by Gasteiger charge is -2.46. The van der Waals surface area contributed by atoms with Gasteiger partial charge in [-0.25, -0.2) is 0 Å². The summed E-state index contributed by atoms with van der Waals surface area (Å²) in [6, 6.07) is 96.6. The standard InChI is InChI=1S/C106H91BN4/c1-103(2,3)76-56-75(57-77(60-76)104(4,5)6)74-51-54-91-97(59-74)111(102-87(71-40-24-16-25-41-71)63-79(106(10,11)12)64-88(102)72-42-26-17-27-43-72)99-67-81(109-94-49-33-30-46-84(94)89-65-80(52-55-95(89)109)108-92-47-31-28-44-82(92)83-45-29-32-48-93(83)108)66-98-100(99)107(91)90-53-50-73(68-34-18-13-19-35-68)58-96(90)110(98)101-85(69-36-20-14-21-37-69)61-78(105(7,8)9)62-86(101)70-38-22-15-23-39-70/h13-67H,1-12H3/i13D,18D,19D,30D,33D,34D,35D,46D,49D. The summed E-state index contributed by atoms with van der Waals surface area (Å²) in [6.07, 6.45) is 0. The molecule has 5 heteroatoms. The molecule has 2 aliphatic heterocycles. The normalized spacial score (nSPS) is 14.1. The number of benzene rings is 15. The molecule has 538 valence electrons. The predicted molar refractivity (Wildman–Crippen MR) is 477 cm³/mol. The molecule has 0 saturated carbocycles. The topological polar surface area (TPSA) is 16.3 Å². The molecular weight excluding hydrogens is 1340 g/mol. The van der Waals surface area contributed by atoms with E-state index in [0.29, 0.717) is 33.2 Å². The Hall–Kier alpha value is -12.4. The highest BCUT2D eigenvalue weighted by molar-refractivity contribution is 7.00. The van der Waals surface area contributed by atoms with Crippen LogP contribution in [0.2, 0.25) is 0 Å². The van der Waals surface area contributed by atoms with Crippen LogP contribution in [0.15, 0.2) is 333 Å². The predicted octanol–water partition coefficient (Wildman–Crippen LogP) is 27.2. The first-order valence-electron chi connectivity index (χ1n) is 43.3. The van der Waals surface area contributed by atoms with Gasteiger partial charge in [0.15, 0.2) is 0 Å². The third-order valence-electron chi connectivity index (χ3n) is 23.1. The number of hydrogen-bond donors (Lipinski definition) is 0. The van der Waals surface area contributed by atoms with Gasteiger partial charge in [0.2, 0.25) is 0 Å². The van der Waals surface area contributed by atoms with Gasteiger partial charge in [-0.2, -0.15) is 0 Å². The van der Waals surface area contributed by atoms with Crippen LogP contribution in [0.5, 0.6) is 0 Å². The van der Waals surface area contributed by atoms with Gasteiger partial charge in [-0.1, -0.05) is 332 Å². The fourth-order valence-electron chi connectivity index (χ4n) is 17.3. The quantitative estimate of drug-likeness (QED) is 0.127. The first kappa shape index (κ1) is 59.5. The Bertz CT molecular complexity index is 6890. The molecule has 15 aromatic carbocycles. The van der Waals surface area contributed by atoms with Gasteiger partial charge in [-0.15, -0.1) is 0 Å². The Morgan fingerprint density at radius 1 is 0.252 bits per heavy atom. The van der Waals surface area contributed by atoms with Crippen LogP contribution in [0.1, 0.15) is 118 Å². The Balaban J connectivity index is 1.05. The molecule has 4 heterocycles. The van der Waals surface area contributed by atoms with Crippen LogP contribution in [-0.2, 0) is 21.7 Å². The summed E-state index contributed by atoms with van der Waals surface area (Å²) in [5.41, 5.74) is 25.6. The molecule has 0 fully saturated rings. The third kappa shape index (κ3) is 11.7. The maximum Gasteiger partial charge on any atom is 0.252 e. The molecule has 2 aliphatic rings. The average molecular weight is 1440 g/mol. The van der Waals surface area contributed by atoms with Crippen LogP contribution in [-0.4, -0.2) is 15.8 Å². The maximum atomic E-state index is 10.6. The van der Waals surface area contributed by atoms with E-state index in [1.54, 1.807) is 0 Å². The molecule has 0 saturated heterocycles. The van der Waals surface area contributed by atoms with Crippen molar-refractivity contribution in [3.63, 3.8) is 0 Å². The lowest BCUT2D eigenvalue weighted by molar-refractivity contribution is 0.569. The Kier molecular flexibility index (Phi) is 14.0. The van der Waals surface area contributed by atoms with E-state index in [1.165, 1.54) is 11.1 Å². The highest BCUT2D eigenvalue weighted by atomic mass is 15.2. The van der Waals surface area contributed by atoms with Gasteiger partial charge in [0.05, 0.1) is 51.5 Å². The number of nitrogens with zero attached hydrogens (tertiary/aromatic N) is 4. The summed E-state index contributed by atoms with van der Waals surface area (Å²) in [4.78, 5) is 4.91. The van der Waals surface area contributed by atoms with Crippen LogP contribution in [0.25, 0.3) is 122 Å². The molecule has 0 unspecified atom stereocenters. The van der Waals surface area contributed by atoms with Gasteiger partial charge in [-0.05, 0) is 190 Å². The Morgan fingerprint density at radius 2 is 0.631 bits per heavy atom. The molecule has 0 amide bonds. The van der Waals surface area contributed by atoms with Crippen molar-refractivity contribution in [3.05, 3.63) is 356 Å². The van der Waals surface area contributed by atoms with E-state index in [-0.39, 0.29) is 69.0 Å². The number of hydrogen-bond acceptors (Lipinski definition) is 2. The molecule has 4 nitrogen and oxygen atoms in total. The van der Waals surface area contributed by atoms with E-state index >= 15 is 0 Å². The zero-order valence-electron chi connectivity index (χ0n) is 73.9. The van der Waals surface area contributed by atoms with Crippen molar-refractivity contribution < 1.29 is 12.3 Å². The molecule has 0 N–H and O–H groups in total. The molecule has 0 bridgehead atoms. The van der Waals surface area contributed by atoms with Crippen molar-refractivity contribution in [2.24, 2.45) is 0 Å². The number of aromatic nitrogens is 2. The molecule has 2 aromatic heterocycles. The molecule has 19 rings (SSSR count). The molecular formula is C106H91BN4. The molecule has 0 atom stereocenters. The summed E-state index contributed by atoms with van der Waals surface area (Å²) in [5.74, 6) is 0. The minimum absolute atomic E-state index is 0.0610. The molecule has 17 aromatic rings. The molecule has 0 aliphatic carbocycles. The van der Waals surface area contributed by atoms with E-state index in [1.807, 2.05) is 24.3 Å². The molecule has 0 radical (unpaired) electrons. The fourth-order valence-corrected chi connectivity index (χ4v) is 17.3. The first-order valence-corrected chi connectivity index (χ1v) is 38.8. The molecule has 0 spiro atoms. The number of para-hydroxylation sites is 3. The van der Waals surface area contributed by atoms with Gasteiger partial charge in [-0.3, -0.25) is 0 Å². The van der Waals surface area contributed by atoms with Gasteiger partial charge < -0.3 is 18.9 Å². The Labute approximate surface area is 666 Å². The van der Waals surface area contributed by atoms with Crippen LogP contribution < -0.4 is 26.2 Å². The number of rotatable bonds is 10. The van der Waals surface area contributed by atoms with E-state index in [0.717, 1.165) is 139 Å². The lowest BCUT2D eigenvalue weighted by atomic mass is 9.33. The second-order valence-electron chi connectivity index (χ2n) is 34.3. The van der Waals surface area contributed by atoms with Crippen molar-refractivity contribution in [1.82, 2.24) is 9.13 Å². The van der Waals surface area contributed by atoms with Crippen molar-refractivity contribution in [3.8, 4) is 78.1 Å². The van der Waals surface area contributed by atoms with Gasteiger partial charge in [0.25, 0.3) is 6.71 Å². The highest BCUT2D eigenvalue weighted by Crippen LogP contribution is 2.56. The monoisotopic (exact) mass is 1440 g/mol. The van der Waals surface area contributed by atoms with E-state index in [4.69, 9.17) is 1.37 Å². The van der Waals surface area contributed by atoms with Crippen LogP contribution >= 0.6 is 0 Å². The molecule has 111 heavy (non-hydrogen) atoms. The highest BCUT2D eigenvalue weighted by Gasteiger charge is 2.46. The third-order valence-corrected chi connectivity index (χ3v) is 23.1. The zero-order valence-corrected chi connectivity index (χ0v) is 64.9. The fraction of sp³-hybridized carbons (Fsp3) is 0.151. The Morgan fingerprint density at radius 3 is 1.07 bits per heavy atom. The van der Waals surface area contributed by atoms with Crippen molar-refractivity contribution in [1.29, 1.82) is 0 Å². The van der Waals surface area contributed by atoms with Crippen LogP contribution in [0.4, 0.5) is 34.1 Å². The second kappa shape index (κ2) is 26.1. The van der Waals surface area contributed by atoms with Crippen molar-refractivity contribution in [2.75, 3.05) is 9.80 Å². The summed E-state index contributed by atoms with van der Waals surface area (Å²) >= 11 is 0. The van der Waals surface area contributed by atoms with Gasteiger partial charge in [0.1, 0.15) is 0 Å². The minimum Gasteiger partial charge on any atom is -0.310 e. The smallest absolute Gasteiger partial charge is 0.252 e. The first-order chi connectivity index (χ1) is 57.3. The van der Waals surface area contributed by atoms with Gasteiger partial charge >= 0.3 is 0 Å². The summed E-state index contributed by atoms with van der Waals surface area (Å²) in [5, 5.41) is 3.14. The van der Waals surface area contributed by atoms with Gasteiger partial charge in [0, 0.05) is 72.2 Å². The van der Waals surface area contributed by atoms with Crippen LogP contribution in [0.3, 0.4) is 0 Å². The largest absolute Gasteiger partial charge is 0.310 e. The SMILES string of the molecule is [2H]c1c([2H])c([2H])c(-c2ccc3c(c2)N(c2c(-c4ccccc4)cc(C(C)(C)C)cc2-c2ccccc2)c2cc(-n4c5ccc(-n6c7ccccc7c7ccccc76)cc5c5c([2H])c([2H])c([2H])c([2H])c54)cc4c2B3c2ccc(-c3cc(C(C)(C)C)cc(C(C)(C)C)c3)cc2N4c2c(-c3ccccc3)cc(C(C)(C)C)cc2-c2ccccc2)c([2H])c1[2H]. The maximum absolute atomic E-state index is 10.6. The van der Waals surface area contributed by atoms with E-state index < -0.39 is 24.8 Å². The van der Waals surface area contributed by atoms with E-state index in [2.05, 4.69) is 357 Å². The minimum atomic E-state index is -0.608. The lowest BCUT2D eigenvalue weighted by Crippen LogP contribution is -2.61. The second-order valence-corrected chi connectivity index (χ2v) is 34.3.